The molecule has 0 fully saturated rings. The van der Waals surface area contributed by atoms with Crippen LogP contribution in [-0.4, -0.2) is 32.0 Å². The van der Waals surface area contributed by atoms with Crippen LogP contribution in [0.3, 0.4) is 0 Å². The highest BCUT2D eigenvalue weighted by Crippen LogP contribution is 2.26. The molecule has 0 bridgehead atoms. The fourth-order valence-electron chi connectivity index (χ4n) is 1.37. The van der Waals surface area contributed by atoms with E-state index in [0.29, 0.717) is 5.56 Å². The molecule has 0 aliphatic carbocycles. The number of carbonyl (C=O) groups is 1. The van der Waals surface area contributed by atoms with Gasteiger partial charge in [0, 0.05) is 19.8 Å². The molecule has 4 nitrogen and oxygen atoms in total. The summed E-state index contributed by atoms with van der Waals surface area (Å²) in [5, 5.41) is 8.71. The zero-order valence-electron chi connectivity index (χ0n) is 9.07. The molecule has 1 aromatic rings. The number of carboxylic acid groups (broad SMARTS) is 1. The molecule has 1 N–H and O–H groups in total. The quantitative estimate of drug-likeness (QED) is 0.781. The van der Waals surface area contributed by atoms with Crippen molar-refractivity contribution < 1.29 is 23.8 Å². The molecular weight excluding hydrogens is 215 g/mol. The third-order valence-corrected chi connectivity index (χ3v) is 2.41. The highest BCUT2D eigenvalue weighted by Gasteiger charge is 2.32. The number of benzene rings is 1. The summed E-state index contributed by atoms with van der Waals surface area (Å²) in [4.78, 5) is 10.6. The van der Waals surface area contributed by atoms with E-state index in [1.54, 1.807) is 0 Å². The van der Waals surface area contributed by atoms with Crippen molar-refractivity contribution in [1.82, 2.24) is 0 Å². The van der Waals surface area contributed by atoms with Gasteiger partial charge < -0.3 is 14.6 Å². The van der Waals surface area contributed by atoms with Crippen molar-refractivity contribution in [1.29, 1.82) is 0 Å². The maximum atomic E-state index is 12.9. The standard InChI is InChI=1S/C11H13FO4/c1-15-11(7-12,16-2)9-5-3-8(4-6-9)10(13)14/h3-6H,7H2,1-2H3,(H,13,14). The topological polar surface area (TPSA) is 55.8 Å². The predicted molar refractivity (Wildman–Crippen MR) is 55.1 cm³/mol. The Labute approximate surface area is 92.6 Å². The Morgan fingerprint density at radius 1 is 1.31 bits per heavy atom. The van der Waals surface area contributed by atoms with Gasteiger partial charge in [-0.15, -0.1) is 0 Å². The third-order valence-electron chi connectivity index (χ3n) is 2.41. The van der Waals surface area contributed by atoms with Crippen LogP contribution in [0.25, 0.3) is 0 Å². The van der Waals surface area contributed by atoms with Crippen molar-refractivity contribution in [2.45, 2.75) is 5.79 Å². The molecule has 88 valence electrons. The van der Waals surface area contributed by atoms with Crippen molar-refractivity contribution in [3.05, 3.63) is 35.4 Å². The first kappa shape index (κ1) is 12.6. The van der Waals surface area contributed by atoms with E-state index in [1.165, 1.54) is 38.5 Å². The second-order valence-corrected chi connectivity index (χ2v) is 3.18. The SMILES string of the molecule is COC(CF)(OC)c1ccc(C(=O)O)cc1. The van der Waals surface area contributed by atoms with Crippen LogP contribution in [0.5, 0.6) is 0 Å². The van der Waals surface area contributed by atoms with Gasteiger partial charge in [-0.2, -0.15) is 0 Å². The van der Waals surface area contributed by atoms with Crippen molar-refractivity contribution in [3.63, 3.8) is 0 Å². The molecule has 0 aliphatic heterocycles. The van der Waals surface area contributed by atoms with Crippen molar-refractivity contribution in [2.24, 2.45) is 0 Å². The number of carboxylic acids is 1. The number of hydrogen-bond acceptors (Lipinski definition) is 3. The predicted octanol–water partition coefficient (Wildman–Crippen LogP) is 1.80. The second-order valence-electron chi connectivity index (χ2n) is 3.18. The first-order chi connectivity index (χ1) is 7.59. The van der Waals surface area contributed by atoms with Crippen LogP contribution in [0, 0.1) is 0 Å². The van der Waals surface area contributed by atoms with Crippen LogP contribution in [0.4, 0.5) is 4.39 Å². The highest BCUT2D eigenvalue weighted by atomic mass is 19.1. The number of rotatable bonds is 5. The highest BCUT2D eigenvalue weighted by molar-refractivity contribution is 5.87. The molecule has 0 amide bonds. The van der Waals surface area contributed by atoms with Crippen LogP contribution in [-0.2, 0) is 15.3 Å². The molecule has 0 aromatic heterocycles. The smallest absolute Gasteiger partial charge is 0.335 e. The largest absolute Gasteiger partial charge is 0.478 e. The molecule has 0 unspecified atom stereocenters. The van der Waals surface area contributed by atoms with Gasteiger partial charge in [0.1, 0.15) is 6.67 Å². The molecule has 1 aromatic carbocycles. The van der Waals surface area contributed by atoms with Crippen LogP contribution in [0.15, 0.2) is 24.3 Å². The van der Waals surface area contributed by atoms with Crippen molar-refractivity contribution in [2.75, 3.05) is 20.9 Å². The lowest BCUT2D eigenvalue weighted by Gasteiger charge is -2.28. The summed E-state index contributed by atoms with van der Waals surface area (Å²) >= 11 is 0. The maximum Gasteiger partial charge on any atom is 0.335 e. The molecule has 5 heteroatoms. The summed E-state index contributed by atoms with van der Waals surface area (Å²) in [7, 11) is 2.66. The van der Waals surface area contributed by atoms with Crippen LogP contribution < -0.4 is 0 Å². The zero-order chi connectivity index (χ0) is 12.2. The third kappa shape index (κ3) is 2.20. The average molecular weight is 228 g/mol. The fourth-order valence-corrected chi connectivity index (χ4v) is 1.37. The summed E-state index contributed by atoms with van der Waals surface area (Å²) in [6.07, 6.45) is 0. The van der Waals surface area contributed by atoms with E-state index in [0.717, 1.165) is 0 Å². The van der Waals surface area contributed by atoms with Gasteiger partial charge in [0.25, 0.3) is 0 Å². The fraction of sp³-hybridized carbons (Fsp3) is 0.364. The van der Waals surface area contributed by atoms with E-state index < -0.39 is 18.4 Å². The summed E-state index contributed by atoms with van der Waals surface area (Å²) in [6, 6.07) is 5.69. The Hall–Kier alpha value is -1.46. The van der Waals surface area contributed by atoms with Crippen LogP contribution in [0.1, 0.15) is 15.9 Å². The van der Waals surface area contributed by atoms with Gasteiger partial charge in [0.15, 0.2) is 0 Å². The summed E-state index contributed by atoms with van der Waals surface area (Å²) < 4.78 is 22.8. The normalized spacial score (nSPS) is 11.4. The molecular formula is C11H13FO4. The molecule has 1 rings (SSSR count). The lowest BCUT2D eigenvalue weighted by atomic mass is 10.0. The molecule has 0 saturated carbocycles. The van der Waals surface area contributed by atoms with Crippen molar-refractivity contribution >= 4 is 5.97 Å². The van der Waals surface area contributed by atoms with E-state index in [1.807, 2.05) is 0 Å². The van der Waals surface area contributed by atoms with Gasteiger partial charge in [0.2, 0.25) is 5.79 Å². The average Bonchev–Trinajstić information content (AvgIpc) is 2.33. The Kier molecular flexibility index (Phi) is 3.98. The van der Waals surface area contributed by atoms with Crippen LogP contribution in [0.2, 0.25) is 0 Å². The minimum Gasteiger partial charge on any atom is -0.478 e. The van der Waals surface area contributed by atoms with Gasteiger partial charge in [-0.05, 0) is 12.1 Å². The minimum atomic E-state index is -1.46. The summed E-state index contributed by atoms with van der Waals surface area (Å²) in [6.45, 7) is -0.855. The monoisotopic (exact) mass is 228 g/mol. The van der Waals surface area contributed by atoms with Crippen molar-refractivity contribution in [3.8, 4) is 0 Å². The number of hydrogen-bond donors (Lipinski definition) is 1. The Morgan fingerprint density at radius 3 is 2.12 bits per heavy atom. The molecule has 0 atom stereocenters. The van der Waals surface area contributed by atoms with E-state index in [-0.39, 0.29) is 5.56 Å². The first-order valence-electron chi connectivity index (χ1n) is 4.59. The molecule has 0 aliphatic rings. The number of alkyl halides is 1. The number of ether oxygens (including phenoxy) is 2. The lowest BCUT2D eigenvalue weighted by molar-refractivity contribution is -0.224. The molecule has 0 radical (unpaired) electrons. The molecule has 0 saturated heterocycles. The second kappa shape index (κ2) is 5.05. The molecule has 0 spiro atoms. The Bertz CT molecular complexity index is 348. The summed E-state index contributed by atoms with van der Waals surface area (Å²) in [5.41, 5.74) is 0.564. The van der Waals surface area contributed by atoms with Gasteiger partial charge in [-0.3, -0.25) is 0 Å². The Balaban J connectivity index is 3.08. The zero-order valence-corrected chi connectivity index (χ0v) is 9.07. The summed E-state index contributed by atoms with van der Waals surface area (Å²) in [5.74, 6) is -2.50. The number of halogens is 1. The van der Waals surface area contributed by atoms with Gasteiger partial charge >= 0.3 is 5.97 Å². The minimum absolute atomic E-state index is 0.128. The maximum absolute atomic E-state index is 12.9. The Morgan fingerprint density at radius 2 is 1.81 bits per heavy atom. The number of methoxy groups -OCH3 is 2. The first-order valence-corrected chi connectivity index (χ1v) is 4.59. The number of aromatic carboxylic acids is 1. The van der Waals surface area contributed by atoms with E-state index in [2.05, 4.69) is 0 Å². The van der Waals surface area contributed by atoms with Gasteiger partial charge in [-0.1, -0.05) is 12.1 Å². The van der Waals surface area contributed by atoms with E-state index in [9.17, 15) is 9.18 Å². The van der Waals surface area contributed by atoms with Gasteiger partial charge in [0.05, 0.1) is 5.56 Å². The van der Waals surface area contributed by atoms with Crippen LogP contribution >= 0.6 is 0 Å². The van der Waals surface area contributed by atoms with Gasteiger partial charge in [-0.25, -0.2) is 9.18 Å². The van der Waals surface area contributed by atoms with E-state index >= 15 is 0 Å². The molecule has 16 heavy (non-hydrogen) atoms. The lowest BCUT2D eigenvalue weighted by Crippen LogP contribution is -2.33. The van der Waals surface area contributed by atoms with E-state index in [4.69, 9.17) is 14.6 Å². The molecule has 0 heterocycles.